The highest BCUT2D eigenvalue weighted by Gasteiger charge is 2.22. The molecule has 1 heterocycles. The zero-order chi connectivity index (χ0) is 15.9. The number of rotatable bonds is 7. The van der Waals surface area contributed by atoms with Crippen LogP contribution in [0, 0.1) is 13.8 Å². The van der Waals surface area contributed by atoms with Crippen LogP contribution < -0.4 is 16.0 Å². The fraction of sp³-hybridized carbons (Fsp3) is 0.667. The van der Waals surface area contributed by atoms with Gasteiger partial charge in [-0.2, -0.15) is 0 Å². The minimum atomic E-state index is -0.00845. The first-order valence-corrected chi connectivity index (χ1v) is 8.64. The maximum atomic E-state index is 11.7. The molecule has 1 aliphatic carbocycles. The van der Waals surface area contributed by atoms with Crippen molar-refractivity contribution < 1.29 is 4.79 Å². The smallest absolute Gasteiger partial charge is 0.242 e. The highest BCUT2D eigenvalue weighted by Crippen LogP contribution is 2.18. The number of thiazole rings is 1. The third-order valence-corrected chi connectivity index (χ3v) is 4.50. The number of nitrogens with one attached hydrogen (secondary N) is 3. The number of hydrogen-bond donors (Lipinski definition) is 3. The summed E-state index contributed by atoms with van der Waals surface area (Å²) in [5.41, 5.74) is 1.11. The Kier molecular flexibility index (Phi) is 8.82. The average molecular weight is 451 g/mol. The highest BCUT2D eigenvalue weighted by molar-refractivity contribution is 14.0. The number of carbonyl (C=O) groups excluding carboxylic acids is 1. The summed E-state index contributed by atoms with van der Waals surface area (Å²) in [6.45, 7) is 7.82. The number of guanidine groups is 1. The van der Waals surface area contributed by atoms with E-state index in [1.807, 2.05) is 13.8 Å². The van der Waals surface area contributed by atoms with E-state index in [-0.39, 0.29) is 36.4 Å². The van der Waals surface area contributed by atoms with E-state index in [9.17, 15) is 4.79 Å². The van der Waals surface area contributed by atoms with E-state index >= 15 is 0 Å². The lowest BCUT2D eigenvalue weighted by atomic mass is 10.4. The molecular formula is C15H26IN5OS. The molecule has 2 rings (SSSR count). The van der Waals surface area contributed by atoms with Gasteiger partial charge >= 0.3 is 0 Å². The Morgan fingerprint density at radius 2 is 2.09 bits per heavy atom. The molecular weight excluding hydrogens is 425 g/mol. The summed E-state index contributed by atoms with van der Waals surface area (Å²) in [6, 6.07) is 0.384. The molecule has 0 bridgehead atoms. The van der Waals surface area contributed by atoms with E-state index in [4.69, 9.17) is 0 Å². The second kappa shape index (κ2) is 10.1. The highest BCUT2D eigenvalue weighted by atomic mass is 127. The minimum Gasteiger partial charge on any atom is -0.357 e. The van der Waals surface area contributed by atoms with E-state index in [0.717, 1.165) is 43.1 Å². The van der Waals surface area contributed by atoms with Crippen LogP contribution in [0.25, 0.3) is 0 Å². The van der Waals surface area contributed by atoms with Gasteiger partial charge in [0.05, 0.1) is 10.7 Å². The van der Waals surface area contributed by atoms with E-state index < -0.39 is 0 Å². The molecule has 0 aliphatic heterocycles. The zero-order valence-electron chi connectivity index (χ0n) is 13.9. The minimum absolute atomic E-state index is 0. The van der Waals surface area contributed by atoms with Crippen molar-refractivity contribution in [3.8, 4) is 0 Å². The van der Waals surface area contributed by atoms with Crippen molar-refractivity contribution in [1.29, 1.82) is 0 Å². The van der Waals surface area contributed by atoms with Crippen molar-refractivity contribution in [1.82, 2.24) is 20.9 Å². The van der Waals surface area contributed by atoms with Crippen LogP contribution in [0.3, 0.4) is 0 Å². The number of aromatic nitrogens is 1. The lowest BCUT2D eigenvalue weighted by Crippen LogP contribution is -2.39. The summed E-state index contributed by atoms with van der Waals surface area (Å²) >= 11 is 1.74. The predicted octanol–water partition coefficient (Wildman–Crippen LogP) is 1.75. The molecule has 1 aromatic heterocycles. The maximum Gasteiger partial charge on any atom is 0.242 e. The Hall–Kier alpha value is -0.900. The average Bonchev–Trinajstić information content (AvgIpc) is 3.22. The van der Waals surface area contributed by atoms with Gasteiger partial charge < -0.3 is 16.0 Å². The van der Waals surface area contributed by atoms with Gasteiger partial charge in [-0.3, -0.25) is 4.79 Å². The van der Waals surface area contributed by atoms with Crippen molar-refractivity contribution in [2.24, 2.45) is 4.99 Å². The van der Waals surface area contributed by atoms with Crippen LogP contribution in [-0.4, -0.2) is 42.5 Å². The van der Waals surface area contributed by atoms with Crippen LogP contribution in [-0.2, 0) is 11.2 Å². The molecule has 0 spiro atoms. The Morgan fingerprint density at radius 3 is 2.65 bits per heavy atom. The first-order valence-electron chi connectivity index (χ1n) is 7.83. The monoisotopic (exact) mass is 451 g/mol. The molecule has 6 nitrogen and oxygen atoms in total. The number of amides is 1. The van der Waals surface area contributed by atoms with Gasteiger partial charge in [0.25, 0.3) is 0 Å². The Balaban J connectivity index is 0.00000264. The predicted molar refractivity (Wildman–Crippen MR) is 106 cm³/mol. The number of carbonyl (C=O) groups is 1. The third kappa shape index (κ3) is 7.47. The molecule has 0 radical (unpaired) electrons. The number of halogens is 1. The summed E-state index contributed by atoms with van der Waals surface area (Å²) in [6.07, 6.45) is 3.05. The normalized spacial score (nSPS) is 14.1. The van der Waals surface area contributed by atoms with Crippen molar-refractivity contribution in [2.45, 2.75) is 46.1 Å². The van der Waals surface area contributed by atoms with Gasteiger partial charge in [0.2, 0.25) is 5.91 Å². The largest absolute Gasteiger partial charge is 0.357 e. The molecule has 0 atom stereocenters. The number of nitrogens with zero attached hydrogens (tertiary/aromatic N) is 2. The molecule has 130 valence electrons. The van der Waals surface area contributed by atoms with Gasteiger partial charge in [0, 0.05) is 30.4 Å². The van der Waals surface area contributed by atoms with Gasteiger partial charge in [-0.1, -0.05) is 0 Å². The molecule has 1 amide bonds. The van der Waals surface area contributed by atoms with Crippen LogP contribution >= 0.6 is 35.3 Å². The zero-order valence-corrected chi connectivity index (χ0v) is 17.1. The molecule has 0 aromatic carbocycles. The van der Waals surface area contributed by atoms with E-state index in [1.54, 1.807) is 11.3 Å². The summed E-state index contributed by atoms with van der Waals surface area (Å²) in [5, 5.41) is 10.5. The first-order chi connectivity index (χ1) is 10.6. The molecule has 1 saturated carbocycles. The SMILES string of the molecule is CCNC(=NCC(=O)NC1CC1)NCCc1nc(C)c(C)s1.I. The Labute approximate surface area is 159 Å². The van der Waals surface area contributed by atoms with Crippen molar-refractivity contribution in [2.75, 3.05) is 19.6 Å². The third-order valence-electron chi connectivity index (χ3n) is 3.37. The standard InChI is InChI=1S/C15H25N5OS.HI/c1-4-16-15(18-9-13(21)20-12-5-6-12)17-8-7-14-19-10(2)11(3)22-14;/h12H,4-9H2,1-3H3,(H,20,21)(H2,16,17,18);1H. The fourth-order valence-corrected chi connectivity index (χ4v) is 2.86. The number of aryl methyl sites for hydroxylation is 2. The van der Waals surface area contributed by atoms with Gasteiger partial charge in [0.15, 0.2) is 5.96 Å². The maximum absolute atomic E-state index is 11.7. The van der Waals surface area contributed by atoms with Gasteiger partial charge in [-0.15, -0.1) is 35.3 Å². The summed E-state index contributed by atoms with van der Waals surface area (Å²) < 4.78 is 0. The van der Waals surface area contributed by atoms with E-state index in [0.29, 0.717) is 12.0 Å². The summed E-state index contributed by atoms with van der Waals surface area (Å²) in [5.74, 6) is 0.671. The fourth-order valence-electron chi connectivity index (χ4n) is 1.93. The second-order valence-corrected chi connectivity index (χ2v) is 6.75. The molecule has 1 aromatic rings. The van der Waals surface area contributed by atoms with Crippen LogP contribution in [0.5, 0.6) is 0 Å². The van der Waals surface area contributed by atoms with Gasteiger partial charge in [-0.05, 0) is 33.6 Å². The molecule has 23 heavy (non-hydrogen) atoms. The van der Waals surface area contributed by atoms with Crippen molar-refractivity contribution >= 4 is 47.2 Å². The summed E-state index contributed by atoms with van der Waals surface area (Å²) in [7, 11) is 0. The molecule has 3 N–H and O–H groups in total. The van der Waals surface area contributed by atoms with E-state index in [2.05, 4.69) is 32.9 Å². The number of hydrogen-bond acceptors (Lipinski definition) is 4. The lowest BCUT2D eigenvalue weighted by Gasteiger charge is -2.10. The Morgan fingerprint density at radius 1 is 1.35 bits per heavy atom. The van der Waals surface area contributed by atoms with Crippen LogP contribution in [0.15, 0.2) is 4.99 Å². The molecule has 8 heteroatoms. The topological polar surface area (TPSA) is 78.4 Å². The molecule has 0 unspecified atom stereocenters. The lowest BCUT2D eigenvalue weighted by molar-refractivity contribution is -0.119. The molecule has 0 saturated heterocycles. The van der Waals surface area contributed by atoms with Crippen molar-refractivity contribution in [3.05, 3.63) is 15.6 Å². The second-order valence-electron chi connectivity index (χ2n) is 5.46. The Bertz CT molecular complexity index is 522. The van der Waals surface area contributed by atoms with Crippen molar-refractivity contribution in [3.63, 3.8) is 0 Å². The van der Waals surface area contributed by atoms with Crippen LogP contribution in [0.4, 0.5) is 0 Å². The molecule has 1 fully saturated rings. The van der Waals surface area contributed by atoms with Gasteiger partial charge in [0.1, 0.15) is 6.54 Å². The number of aliphatic imine (C=N–C) groups is 1. The van der Waals surface area contributed by atoms with Crippen LogP contribution in [0.1, 0.15) is 35.3 Å². The first kappa shape index (κ1) is 20.1. The summed E-state index contributed by atoms with van der Waals surface area (Å²) in [4.78, 5) is 21.8. The van der Waals surface area contributed by atoms with Crippen LogP contribution in [0.2, 0.25) is 0 Å². The van der Waals surface area contributed by atoms with Gasteiger partial charge in [-0.25, -0.2) is 9.98 Å². The van der Waals surface area contributed by atoms with E-state index in [1.165, 1.54) is 4.88 Å². The quantitative estimate of drug-likeness (QED) is 0.336. The molecule has 1 aliphatic rings.